The summed E-state index contributed by atoms with van der Waals surface area (Å²) in [5, 5.41) is 2.91. The van der Waals surface area contributed by atoms with E-state index in [1.54, 1.807) is 6.92 Å². The van der Waals surface area contributed by atoms with Gasteiger partial charge in [-0.2, -0.15) is 0 Å². The van der Waals surface area contributed by atoms with Gasteiger partial charge in [0.2, 0.25) is 0 Å². The summed E-state index contributed by atoms with van der Waals surface area (Å²) in [6, 6.07) is -1.23. The second-order valence-corrected chi connectivity index (χ2v) is 4.64. The Morgan fingerprint density at radius 2 is 2.18 bits per heavy atom. The van der Waals surface area contributed by atoms with Gasteiger partial charge in [0.15, 0.2) is 0 Å². The fraction of sp³-hybridized carbons (Fsp3) is 0.833. The Kier molecular flexibility index (Phi) is 9.32. The van der Waals surface area contributed by atoms with Crippen molar-refractivity contribution in [2.45, 2.75) is 25.2 Å². The third-order valence-electron chi connectivity index (χ3n) is 1.63. The number of esters is 1. The fourth-order valence-corrected chi connectivity index (χ4v) is 1.57. The zero-order valence-corrected chi connectivity index (χ0v) is 11.6. The van der Waals surface area contributed by atoms with Crippen molar-refractivity contribution in [3.05, 3.63) is 10.4 Å². The topological polar surface area (TPSA) is 159 Å². The van der Waals surface area contributed by atoms with Gasteiger partial charge in [-0.1, -0.05) is 5.11 Å². The lowest BCUT2D eigenvalue weighted by molar-refractivity contribution is -0.144. The SMILES string of the molecule is Br.CCOC(=O)[C@@H](N)C[C@H](N=[N+]=[N-])P(=O)(O)O. The van der Waals surface area contributed by atoms with E-state index in [4.69, 9.17) is 21.1 Å². The van der Waals surface area contributed by atoms with E-state index in [-0.39, 0.29) is 23.6 Å². The number of halogens is 1. The highest BCUT2D eigenvalue weighted by molar-refractivity contribution is 8.93. The summed E-state index contributed by atoms with van der Waals surface area (Å²) < 4.78 is 15.4. The minimum absolute atomic E-state index is 0. The van der Waals surface area contributed by atoms with E-state index in [2.05, 4.69) is 14.8 Å². The predicted octanol–water partition coefficient (Wildman–Crippen LogP) is 0.659. The Balaban J connectivity index is 0. The highest BCUT2D eigenvalue weighted by Gasteiger charge is 2.32. The van der Waals surface area contributed by atoms with Crippen molar-refractivity contribution in [3.8, 4) is 0 Å². The van der Waals surface area contributed by atoms with E-state index in [1.165, 1.54) is 0 Å². The highest BCUT2D eigenvalue weighted by atomic mass is 79.9. The van der Waals surface area contributed by atoms with Crippen molar-refractivity contribution in [1.29, 1.82) is 0 Å². The predicted molar refractivity (Wildman–Crippen MR) is 64.5 cm³/mol. The summed E-state index contributed by atoms with van der Waals surface area (Å²) in [5.41, 5.74) is 13.4. The van der Waals surface area contributed by atoms with Crippen LogP contribution in [0.2, 0.25) is 0 Å². The number of hydrogen-bond acceptors (Lipinski definition) is 5. The Bertz CT molecular complexity index is 341. The normalized spacial score (nSPS) is 13.9. The van der Waals surface area contributed by atoms with E-state index in [1.807, 2.05) is 0 Å². The van der Waals surface area contributed by atoms with Crippen LogP contribution in [0.5, 0.6) is 0 Å². The number of carbonyl (C=O) groups is 1. The lowest BCUT2D eigenvalue weighted by atomic mass is 10.2. The first-order valence-electron chi connectivity index (χ1n) is 4.34. The molecule has 0 spiro atoms. The van der Waals surface area contributed by atoms with E-state index in [9.17, 15) is 9.36 Å². The lowest BCUT2D eigenvalue weighted by Crippen LogP contribution is -2.35. The van der Waals surface area contributed by atoms with Crippen LogP contribution < -0.4 is 5.73 Å². The van der Waals surface area contributed by atoms with Crippen LogP contribution in [0.3, 0.4) is 0 Å². The zero-order valence-electron chi connectivity index (χ0n) is 8.96. The number of carbonyl (C=O) groups excluding carboxylic acids is 1. The van der Waals surface area contributed by atoms with Crippen LogP contribution >= 0.6 is 24.6 Å². The van der Waals surface area contributed by atoms with Gasteiger partial charge in [-0.05, 0) is 18.9 Å². The Labute approximate surface area is 108 Å². The molecule has 0 aromatic rings. The summed E-state index contributed by atoms with van der Waals surface area (Å²) in [5.74, 6) is -2.45. The largest absolute Gasteiger partial charge is 0.465 e. The van der Waals surface area contributed by atoms with Crippen LogP contribution in [0.25, 0.3) is 10.4 Å². The minimum Gasteiger partial charge on any atom is -0.465 e. The molecule has 4 N–H and O–H groups in total. The monoisotopic (exact) mass is 332 g/mol. The van der Waals surface area contributed by atoms with E-state index >= 15 is 0 Å². The average molecular weight is 333 g/mol. The molecule has 2 atom stereocenters. The molecule has 0 unspecified atom stereocenters. The third kappa shape index (κ3) is 7.32. The van der Waals surface area contributed by atoms with E-state index in [0.717, 1.165) is 0 Å². The molecule has 0 fully saturated rings. The molecule has 0 heterocycles. The molecule has 0 bridgehead atoms. The second-order valence-electron chi connectivity index (χ2n) is 2.87. The van der Waals surface area contributed by atoms with Gasteiger partial charge < -0.3 is 20.3 Å². The van der Waals surface area contributed by atoms with Gasteiger partial charge in [-0.3, -0.25) is 9.36 Å². The summed E-state index contributed by atoms with van der Waals surface area (Å²) in [6.45, 7) is 1.67. The maximum absolute atomic E-state index is 11.1. The van der Waals surface area contributed by atoms with E-state index < -0.39 is 31.8 Å². The molecule has 0 aliphatic carbocycles. The summed E-state index contributed by atoms with van der Waals surface area (Å²) in [7, 11) is -4.61. The molecule has 0 aliphatic heterocycles. The average Bonchev–Trinajstić information content (AvgIpc) is 2.15. The van der Waals surface area contributed by atoms with Crippen LogP contribution in [0.15, 0.2) is 5.11 Å². The third-order valence-corrected chi connectivity index (χ3v) is 2.72. The first-order valence-corrected chi connectivity index (χ1v) is 6.02. The van der Waals surface area contributed by atoms with Crippen molar-refractivity contribution in [2.24, 2.45) is 10.8 Å². The van der Waals surface area contributed by atoms with Gasteiger partial charge >= 0.3 is 13.6 Å². The van der Waals surface area contributed by atoms with Crippen molar-refractivity contribution in [2.75, 3.05) is 6.61 Å². The molecule has 0 aromatic heterocycles. The molecular weight excluding hydrogens is 319 g/mol. The number of rotatable bonds is 6. The van der Waals surface area contributed by atoms with Gasteiger partial charge in [0, 0.05) is 4.91 Å². The number of hydrogen-bond donors (Lipinski definition) is 3. The molecule has 11 heteroatoms. The molecule has 9 nitrogen and oxygen atoms in total. The van der Waals surface area contributed by atoms with Gasteiger partial charge in [0.25, 0.3) is 0 Å². The number of azide groups is 1. The molecular formula is C6H14BrN4O5P. The Morgan fingerprint density at radius 3 is 2.53 bits per heavy atom. The van der Waals surface area contributed by atoms with Crippen molar-refractivity contribution < 1.29 is 23.9 Å². The molecule has 0 rings (SSSR count). The van der Waals surface area contributed by atoms with Crippen molar-refractivity contribution >= 4 is 30.5 Å². The van der Waals surface area contributed by atoms with Crippen molar-refractivity contribution in [3.63, 3.8) is 0 Å². The van der Waals surface area contributed by atoms with Crippen LogP contribution in [-0.4, -0.2) is 34.2 Å². The molecule has 0 amide bonds. The van der Waals surface area contributed by atoms with Gasteiger partial charge in [0.1, 0.15) is 11.8 Å². The zero-order chi connectivity index (χ0) is 12.8. The second kappa shape index (κ2) is 8.46. The van der Waals surface area contributed by atoms with Crippen LogP contribution in [-0.2, 0) is 14.1 Å². The van der Waals surface area contributed by atoms with Crippen molar-refractivity contribution in [1.82, 2.24) is 0 Å². The standard InChI is InChI=1S/C6H13N4O5P.BrH/c1-2-15-6(11)4(7)3-5(9-10-8)16(12,13)14;/h4-5H,2-3,7H2,1H3,(H2,12,13,14);1H/t4-,5+;/m0./s1. The summed E-state index contributed by atoms with van der Waals surface area (Å²) in [6.07, 6.45) is -0.465. The Morgan fingerprint density at radius 1 is 1.65 bits per heavy atom. The molecule has 0 saturated heterocycles. The first-order chi connectivity index (χ1) is 7.32. The van der Waals surface area contributed by atoms with Gasteiger partial charge in [-0.25, -0.2) is 0 Å². The van der Waals surface area contributed by atoms with E-state index in [0.29, 0.717) is 0 Å². The van der Waals surface area contributed by atoms with Crippen LogP contribution in [0, 0.1) is 0 Å². The number of ether oxygens (including phenoxy) is 1. The summed E-state index contributed by atoms with van der Waals surface area (Å²) in [4.78, 5) is 31.0. The van der Waals surface area contributed by atoms with Crippen LogP contribution in [0.4, 0.5) is 0 Å². The number of nitrogens with two attached hydrogens (primary N) is 1. The van der Waals surface area contributed by atoms with Crippen LogP contribution in [0.1, 0.15) is 13.3 Å². The molecule has 0 radical (unpaired) electrons. The van der Waals surface area contributed by atoms with Gasteiger partial charge in [0.05, 0.1) is 6.61 Å². The maximum atomic E-state index is 11.1. The fourth-order valence-electron chi connectivity index (χ4n) is 0.884. The number of nitrogens with zero attached hydrogens (tertiary/aromatic N) is 3. The molecule has 0 aromatic carbocycles. The molecule has 0 saturated carbocycles. The van der Waals surface area contributed by atoms with Gasteiger partial charge in [-0.15, -0.1) is 17.0 Å². The lowest BCUT2D eigenvalue weighted by Gasteiger charge is -2.16. The molecule has 17 heavy (non-hydrogen) atoms. The quantitative estimate of drug-likeness (QED) is 0.213. The summed E-state index contributed by atoms with van der Waals surface area (Å²) >= 11 is 0. The Hall–Kier alpha value is -0.630. The molecule has 100 valence electrons. The maximum Gasteiger partial charge on any atom is 0.334 e. The first kappa shape index (κ1) is 18.7. The highest BCUT2D eigenvalue weighted by Crippen LogP contribution is 2.44. The smallest absolute Gasteiger partial charge is 0.334 e. The molecule has 0 aliphatic rings. The minimum atomic E-state index is -4.61.